The number of nitrogens with zero attached hydrogens (tertiary/aromatic N) is 1. The summed E-state index contributed by atoms with van der Waals surface area (Å²) in [6.45, 7) is 0. The number of hydrogen-bond donors (Lipinski definition) is 0. The maximum atomic E-state index is 11.9. The van der Waals surface area contributed by atoms with E-state index in [4.69, 9.17) is 0 Å². The molecule has 0 radical (unpaired) electrons. The summed E-state index contributed by atoms with van der Waals surface area (Å²) in [6.07, 6.45) is -4.30. The molecule has 15 heavy (non-hydrogen) atoms. The summed E-state index contributed by atoms with van der Waals surface area (Å²) < 4.78 is 66.7. The fraction of sp³-hybridized carbons (Fsp3) is 0.167. The Balaban J connectivity index is 0.00000196. The molecule has 0 bridgehead atoms. The van der Waals surface area contributed by atoms with Gasteiger partial charge in [0.05, 0.1) is 5.56 Å². The van der Waals surface area contributed by atoms with Crippen LogP contribution in [0.3, 0.4) is 0 Å². The molecule has 0 aliphatic rings. The second-order valence-electron chi connectivity index (χ2n) is 2.34. The Morgan fingerprint density at radius 3 is 2.07 bits per heavy atom. The van der Waals surface area contributed by atoms with Gasteiger partial charge in [-0.1, -0.05) is 0 Å². The van der Waals surface area contributed by atoms with Crippen molar-refractivity contribution in [2.75, 3.05) is 0 Å². The summed E-state index contributed by atoms with van der Waals surface area (Å²) in [4.78, 5) is 2.90. The maximum Gasteiger partial charge on any atom is 1.00 e. The summed E-state index contributed by atoms with van der Waals surface area (Å²) in [5.74, 6) is 0. The second-order valence-corrected chi connectivity index (χ2v) is 3.66. The third-order valence-corrected chi connectivity index (χ3v) is 2.07. The Morgan fingerprint density at radius 2 is 1.80 bits per heavy atom. The average molecular weight is 249 g/mol. The molecule has 1 aromatic rings. The van der Waals surface area contributed by atoms with E-state index in [1.807, 2.05) is 0 Å². The van der Waals surface area contributed by atoms with E-state index in [2.05, 4.69) is 4.98 Å². The van der Waals surface area contributed by atoms with Crippen molar-refractivity contribution in [1.82, 2.24) is 4.98 Å². The third kappa shape index (κ3) is 4.07. The van der Waals surface area contributed by atoms with Crippen molar-refractivity contribution in [3.63, 3.8) is 0 Å². The topological polar surface area (TPSA) is 70.1 Å². The smallest absolute Gasteiger partial charge is 0.743 e. The van der Waals surface area contributed by atoms with Gasteiger partial charge in [0.25, 0.3) is 0 Å². The largest absolute Gasteiger partial charge is 1.00 e. The number of rotatable bonds is 1. The summed E-state index contributed by atoms with van der Waals surface area (Å²) in [5.41, 5.74) is -1.11. The van der Waals surface area contributed by atoms with E-state index in [0.29, 0.717) is 18.3 Å². The van der Waals surface area contributed by atoms with Crippen LogP contribution in [0.25, 0.3) is 0 Å². The molecule has 78 valence electrons. The number of pyridine rings is 1. The van der Waals surface area contributed by atoms with Crippen LogP contribution in [0.4, 0.5) is 13.2 Å². The number of halogens is 3. The summed E-state index contributed by atoms with van der Waals surface area (Å²) in [6, 6.07) is 1.00. The van der Waals surface area contributed by atoms with Crippen molar-refractivity contribution in [1.29, 1.82) is 0 Å². The SMILES string of the molecule is O=S(=O)([O-])c1ccc(C(F)(F)F)cn1.[Na+]. The van der Waals surface area contributed by atoms with Crippen LogP contribution >= 0.6 is 0 Å². The molecule has 1 rings (SSSR count). The van der Waals surface area contributed by atoms with Crippen molar-refractivity contribution < 1.29 is 55.7 Å². The molecule has 0 saturated carbocycles. The van der Waals surface area contributed by atoms with Gasteiger partial charge in [-0.3, -0.25) is 0 Å². The summed E-state index contributed by atoms with van der Waals surface area (Å²) >= 11 is 0. The van der Waals surface area contributed by atoms with Gasteiger partial charge in [-0.25, -0.2) is 13.4 Å². The molecule has 0 aromatic carbocycles. The normalized spacial score (nSPS) is 12.0. The van der Waals surface area contributed by atoms with Gasteiger partial charge in [-0.15, -0.1) is 0 Å². The second kappa shape index (κ2) is 4.79. The first-order chi connectivity index (χ1) is 6.21. The van der Waals surface area contributed by atoms with E-state index >= 15 is 0 Å². The molecule has 0 atom stereocenters. The fourth-order valence-corrected chi connectivity index (χ4v) is 1.11. The molecule has 0 saturated heterocycles. The molecule has 0 fully saturated rings. The molecular formula is C6H3F3NNaO3S. The summed E-state index contributed by atoms with van der Waals surface area (Å²) in [5, 5.41) is -0.925. The van der Waals surface area contributed by atoms with Crippen molar-refractivity contribution in [2.45, 2.75) is 11.2 Å². The third-order valence-electron chi connectivity index (χ3n) is 1.32. The molecule has 0 aliphatic heterocycles. The van der Waals surface area contributed by atoms with Gasteiger partial charge in [0.2, 0.25) is 0 Å². The van der Waals surface area contributed by atoms with Gasteiger partial charge in [0.15, 0.2) is 0 Å². The number of alkyl halides is 3. The van der Waals surface area contributed by atoms with Gasteiger partial charge in [0.1, 0.15) is 15.1 Å². The standard InChI is InChI=1S/C6H4F3NO3S.Na/c7-6(8,9)4-1-2-5(10-3-4)14(11,12)13;/h1-3H,(H,11,12,13);/q;+1/p-1. The van der Waals surface area contributed by atoms with Gasteiger partial charge in [0, 0.05) is 6.20 Å². The first-order valence-corrected chi connectivity index (χ1v) is 4.61. The zero-order valence-corrected chi connectivity index (χ0v) is 10.3. The molecule has 0 N–H and O–H groups in total. The molecule has 0 unspecified atom stereocenters. The first-order valence-electron chi connectivity index (χ1n) is 3.20. The van der Waals surface area contributed by atoms with Crippen molar-refractivity contribution in [3.8, 4) is 0 Å². The van der Waals surface area contributed by atoms with E-state index in [1.54, 1.807) is 0 Å². The predicted octanol–water partition coefficient (Wildman–Crippen LogP) is -1.99. The molecule has 1 aromatic heterocycles. The van der Waals surface area contributed by atoms with Gasteiger partial charge < -0.3 is 4.55 Å². The van der Waals surface area contributed by atoms with Gasteiger partial charge in [-0.05, 0) is 12.1 Å². The number of aromatic nitrogens is 1. The van der Waals surface area contributed by atoms with Crippen molar-refractivity contribution >= 4 is 10.1 Å². The fourth-order valence-electron chi connectivity index (χ4n) is 0.696. The molecule has 0 amide bonds. The minimum absolute atomic E-state index is 0. The van der Waals surface area contributed by atoms with E-state index in [1.165, 1.54) is 0 Å². The first kappa shape index (κ1) is 14.8. The quantitative estimate of drug-likeness (QED) is 0.427. The Hall–Kier alpha value is -0.150. The molecule has 4 nitrogen and oxygen atoms in total. The Labute approximate surface area is 106 Å². The Bertz CT molecular complexity index is 428. The van der Waals surface area contributed by atoms with E-state index in [0.717, 1.165) is 0 Å². The predicted molar refractivity (Wildman–Crippen MR) is 37.2 cm³/mol. The van der Waals surface area contributed by atoms with E-state index in [9.17, 15) is 26.1 Å². The van der Waals surface area contributed by atoms with Crippen molar-refractivity contribution in [2.24, 2.45) is 0 Å². The molecular weight excluding hydrogens is 246 g/mol. The number of hydrogen-bond acceptors (Lipinski definition) is 4. The zero-order valence-electron chi connectivity index (χ0n) is 7.45. The Morgan fingerprint density at radius 1 is 1.27 bits per heavy atom. The van der Waals surface area contributed by atoms with Crippen LogP contribution in [0.15, 0.2) is 23.4 Å². The molecule has 1 heterocycles. The van der Waals surface area contributed by atoms with Crippen LogP contribution in [-0.4, -0.2) is 18.0 Å². The minimum atomic E-state index is -4.79. The average Bonchev–Trinajstić information content (AvgIpc) is 2.01. The van der Waals surface area contributed by atoms with Crippen LogP contribution in [0.5, 0.6) is 0 Å². The van der Waals surface area contributed by atoms with Gasteiger partial charge in [-0.2, -0.15) is 13.2 Å². The van der Waals surface area contributed by atoms with Crippen LogP contribution < -0.4 is 29.6 Å². The maximum absolute atomic E-state index is 11.9. The molecule has 0 aliphatic carbocycles. The summed E-state index contributed by atoms with van der Waals surface area (Å²) in [7, 11) is -4.79. The van der Waals surface area contributed by atoms with Crippen LogP contribution in [0.1, 0.15) is 5.56 Å². The van der Waals surface area contributed by atoms with Crippen LogP contribution in [-0.2, 0) is 16.3 Å². The zero-order chi connectivity index (χ0) is 11.0. The molecule has 0 spiro atoms. The van der Waals surface area contributed by atoms with Crippen molar-refractivity contribution in [3.05, 3.63) is 23.9 Å². The Kier molecular flexibility index (Phi) is 4.74. The van der Waals surface area contributed by atoms with E-state index in [-0.39, 0.29) is 29.6 Å². The van der Waals surface area contributed by atoms with Gasteiger partial charge >= 0.3 is 35.7 Å². The minimum Gasteiger partial charge on any atom is -0.743 e. The monoisotopic (exact) mass is 249 g/mol. The van der Waals surface area contributed by atoms with Crippen LogP contribution in [0, 0.1) is 0 Å². The van der Waals surface area contributed by atoms with E-state index < -0.39 is 26.9 Å². The van der Waals surface area contributed by atoms with Crippen LogP contribution in [0.2, 0.25) is 0 Å². The molecule has 9 heteroatoms.